The van der Waals surface area contributed by atoms with Gasteiger partial charge in [0.1, 0.15) is 0 Å². The Labute approximate surface area is 89.7 Å². The van der Waals surface area contributed by atoms with Crippen molar-refractivity contribution in [3.05, 3.63) is 0 Å². The van der Waals surface area contributed by atoms with Crippen LogP contribution in [-0.4, -0.2) is 12.6 Å². The molecule has 1 aliphatic rings. The molecule has 0 amide bonds. The third-order valence-electron chi connectivity index (χ3n) is 3.35. The van der Waals surface area contributed by atoms with Gasteiger partial charge >= 0.3 is 0 Å². The molecule has 0 bridgehead atoms. The molecule has 1 fully saturated rings. The lowest BCUT2D eigenvalue weighted by Gasteiger charge is -2.26. The van der Waals surface area contributed by atoms with Gasteiger partial charge in [-0.1, -0.05) is 33.6 Å². The van der Waals surface area contributed by atoms with E-state index in [9.17, 15) is 0 Å². The van der Waals surface area contributed by atoms with Crippen LogP contribution in [0.5, 0.6) is 0 Å². The van der Waals surface area contributed by atoms with Gasteiger partial charge in [0.05, 0.1) is 0 Å². The first-order chi connectivity index (χ1) is 6.74. The fourth-order valence-electron chi connectivity index (χ4n) is 2.64. The Bertz CT molecular complexity index is 136. The summed E-state index contributed by atoms with van der Waals surface area (Å²) in [5.74, 6) is 1.81. The zero-order chi connectivity index (χ0) is 10.4. The average Bonchev–Trinajstić information content (AvgIpc) is 2.64. The topological polar surface area (TPSA) is 12.0 Å². The second-order valence-electron chi connectivity index (χ2n) is 5.23. The minimum absolute atomic E-state index is 0.803. The zero-order valence-electron chi connectivity index (χ0n) is 10.2. The van der Waals surface area contributed by atoms with E-state index in [2.05, 4.69) is 26.1 Å². The highest BCUT2D eigenvalue weighted by Crippen LogP contribution is 2.30. The summed E-state index contributed by atoms with van der Waals surface area (Å²) >= 11 is 0. The van der Waals surface area contributed by atoms with Crippen LogP contribution >= 0.6 is 0 Å². The summed E-state index contributed by atoms with van der Waals surface area (Å²) in [5, 5.41) is 3.74. The molecule has 1 N–H and O–H groups in total. The van der Waals surface area contributed by atoms with Gasteiger partial charge in [0.15, 0.2) is 0 Å². The van der Waals surface area contributed by atoms with Crippen molar-refractivity contribution in [3.8, 4) is 0 Å². The molecule has 0 radical (unpaired) electrons. The van der Waals surface area contributed by atoms with Gasteiger partial charge in [0.2, 0.25) is 0 Å². The van der Waals surface area contributed by atoms with E-state index in [-0.39, 0.29) is 0 Å². The maximum Gasteiger partial charge on any atom is 0.00977 e. The highest BCUT2D eigenvalue weighted by atomic mass is 14.9. The minimum Gasteiger partial charge on any atom is -0.314 e. The van der Waals surface area contributed by atoms with E-state index in [1.807, 2.05) is 0 Å². The molecule has 1 rings (SSSR count). The van der Waals surface area contributed by atoms with Crippen LogP contribution in [0.4, 0.5) is 0 Å². The minimum atomic E-state index is 0.803. The number of hydrogen-bond acceptors (Lipinski definition) is 1. The van der Waals surface area contributed by atoms with Crippen molar-refractivity contribution in [1.82, 2.24) is 5.32 Å². The van der Waals surface area contributed by atoms with Gasteiger partial charge in [-0.05, 0) is 44.1 Å². The Morgan fingerprint density at radius 1 is 1.21 bits per heavy atom. The summed E-state index contributed by atoms with van der Waals surface area (Å²) in [7, 11) is 0. The van der Waals surface area contributed by atoms with Crippen molar-refractivity contribution in [2.75, 3.05) is 6.54 Å². The van der Waals surface area contributed by atoms with Crippen molar-refractivity contribution in [2.45, 2.75) is 65.3 Å². The van der Waals surface area contributed by atoms with Crippen LogP contribution in [-0.2, 0) is 0 Å². The van der Waals surface area contributed by atoms with Crippen molar-refractivity contribution < 1.29 is 0 Å². The molecule has 1 aliphatic carbocycles. The standard InChI is InChI=1S/C13H27N/c1-4-9-14-13(10-11(2)3)12-7-5-6-8-12/h11-14H,4-10H2,1-3H3. The van der Waals surface area contributed by atoms with Crippen molar-refractivity contribution in [2.24, 2.45) is 11.8 Å². The number of rotatable bonds is 6. The molecule has 0 heterocycles. The average molecular weight is 197 g/mol. The molecule has 0 aromatic rings. The molecule has 84 valence electrons. The van der Waals surface area contributed by atoms with E-state index in [1.165, 1.54) is 45.1 Å². The molecule has 0 spiro atoms. The fourth-order valence-corrected chi connectivity index (χ4v) is 2.64. The Morgan fingerprint density at radius 3 is 2.36 bits per heavy atom. The summed E-state index contributed by atoms with van der Waals surface area (Å²) in [6.07, 6.45) is 8.49. The fraction of sp³-hybridized carbons (Fsp3) is 1.00. The molecule has 0 saturated heterocycles. The first-order valence-corrected chi connectivity index (χ1v) is 6.47. The molecular formula is C13H27N. The first kappa shape index (κ1) is 12.0. The normalized spacial score (nSPS) is 20.6. The van der Waals surface area contributed by atoms with Gasteiger partial charge in [0.25, 0.3) is 0 Å². The van der Waals surface area contributed by atoms with Crippen LogP contribution in [0, 0.1) is 11.8 Å². The molecule has 1 atom stereocenters. The van der Waals surface area contributed by atoms with Crippen LogP contribution in [0.3, 0.4) is 0 Å². The van der Waals surface area contributed by atoms with Gasteiger partial charge in [-0.25, -0.2) is 0 Å². The molecule has 14 heavy (non-hydrogen) atoms. The van der Waals surface area contributed by atoms with Gasteiger partial charge < -0.3 is 5.32 Å². The Hall–Kier alpha value is -0.0400. The lowest BCUT2D eigenvalue weighted by Crippen LogP contribution is -2.36. The van der Waals surface area contributed by atoms with E-state index >= 15 is 0 Å². The summed E-state index contributed by atoms with van der Waals surface area (Å²) in [4.78, 5) is 0. The highest BCUT2D eigenvalue weighted by molar-refractivity contribution is 4.81. The molecule has 1 unspecified atom stereocenters. The van der Waals surface area contributed by atoms with Crippen LogP contribution in [0.25, 0.3) is 0 Å². The van der Waals surface area contributed by atoms with Crippen LogP contribution in [0.15, 0.2) is 0 Å². The SMILES string of the molecule is CCCNC(CC(C)C)C1CCCC1. The Balaban J connectivity index is 2.34. The number of nitrogens with one attached hydrogen (secondary N) is 1. The lowest BCUT2D eigenvalue weighted by atomic mass is 9.90. The van der Waals surface area contributed by atoms with E-state index in [0.717, 1.165) is 17.9 Å². The maximum atomic E-state index is 3.74. The predicted molar refractivity (Wildman–Crippen MR) is 63.5 cm³/mol. The summed E-state index contributed by atoms with van der Waals surface area (Å²) < 4.78 is 0. The first-order valence-electron chi connectivity index (χ1n) is 6.47. The van der Waals surface area contributed by atoms with E-state index in [4.69, 9.17) is 0 Å². The molecule has 1 heteroatoms. The second kappa shape index (κ2) is 6.44. The third kappa shape index (κ3) is 4.00. The van der Waals surface area contributed by atoms with E-state index in [1.54, 1.807) is 0 Å². The van der Waals surface area contributed by atoms with Gasteiger partial charge in [0, 0.05) is 6.04 Å². The molecule has 0 aromatic carbocycles. The highest BCUT2D eigenvalue weighted by Gasteiger charge is 2.24. The summed E-state index contributed by atoms with van der Waals surface area (Å²) in [5.41, 5.74) is 0. The lowest BCUT2D eigenvalue weighted by molar-refractivity contribution is 0.309. The van der Waals surface area contributed by atoms with Gasteiger partial charge in [-0.2, -0.15) is 0 Å². The molecular weight excluding hydrogens is 170 g/mol. The largest absolute Gasteiger partial charge is 0.314 e. The van der Waals surface area contributed by atoms with Crippen molar-refractivity contribution in [3.63, 3.8) is 0 Å². The number of hydrogen-bond donors (Lipinski definition) is 1. The molecule has 1 saturated carbocycles. The quantitative estimate of drug-likeness (QED) is 0.686. The second-order valence-corrected chi connectivity index (χ2v) is 5.23. The Morgan fingerprint density at radius 2 is 1.86 bits per heavy atom. The van der Waals surface area contributed by atoms with Crippen LogP contribution < -0.4 is 5.32 Å². The van der Waals surface area contributed by atoms with Crippen LogP contribution in [0.2, 0.25) is 0 Å². The maximum absolute atomic E-state index is 3.74. The van der Waals surface area contributed by atoms with Gasteiger partial charge in [-0.3, -0.25) is 0 Å². The van der Waals surface area contributed by atoms with Gasteiger partial charge in [-0.15, -0.1) is 0 Å². The molecule has 0 aromatic heterocycles. The van der Waals surface area contributed by atoms with Crippen LogP contribution in [0.1, 0.15) is 59.3 Å². The third-order valence-corrected chi connectivity index (χ3v) is 3.35. The van der Waals surface area contributed by atoms with Crippen molar-refractivity contribution in [1.29, 1.82) is 0 Å². The van der Waals surface area contributed by atoms with E-state index in [0.29, 0.717) is 0 Å². The molecule has 1 nitrogen and oxygen atoms in total. The van der Waals surface area contributed by atoms with E-state index < -0.39 is 0 Å². The molecule has 0 aliphatic heterocycles. The smallest absolute Gasteiger partial charge is 0.00977 e. The predicted octanol–water partition coefficient (Wildman–Crippen LogP) is 3.59. The summed E-state index contributed by atoms with van der Waals surface area (Å²) in [6, 6.07) is 0.803. The monoisotopic (exact) mass is 197 g/mol. The van der Waals surface area contributed by atoms with Crippen molar-refractivity contribution >= 4 is 0 Å². The Kier molecular flexibility index (Phi) is 5.54. The zero-order valence-corrected chi connectivity index (χ0v) is 10.2. The summed E-state index contributed by atoms with van der Waals surface area (Å²) in [6.45, 7) is 8.15.